The van der Waals surface area contributed by atoms with Crippen molar-refractivity contribution in [3.8, 4) is 0 Å². The fraction of sp³-hybridized carbons (Fsp3) is 0.0625. The minimum absolute atomic E-state index is 1.00. The van der Waals surface area contributed by atoms with E-state index in [-0.39, 0.29) is 0 Å². The zero-order valence-electron chi connectivity index (χ0n) is 10.1. The van der Waals surface area contributed by atoms with Crippen LogP contribution in [0.1, 0.15) is 5.56 Å². The molecule has 0 saturated carbocycles. The fourth-order valence-corrected chi connectivity index (χ4v) is 2.67. The van der Waals surface area contributed by atoms with Gasteiger partial charge in [0.2, 0.25) is 0 Å². The minimum Gasteiger partial charge on any atom is -0.300 e. The number of nitrogens with zero attached hydrogens (tertiary/aromatic N) is 2. The Hall–Kier alpha value is -2.35. The molecular weight excluding hydrogens is 220 g/mol. The standard InChI is InChI=1S/C16H12N2/c1-11-10-14-16(13-7-3-2-6-12(11)13)17-15-8-4-5-9-18(14)15/h2-10H,1H3. The monoisotopic (exact) mass is 232 g/mol. The Bertz CT molecular complexity index is 887. The SMILES string of the molecule is Cc1cc2c(nc3ccccn32)c2ccccc12. The van der Waals surface area contributed by atoms with Crippen molar-refractivity contribution >= 4 is 27.5 Å². The summed E-state index contributed by atoms with van der Waals surface area (Å²) >= 11 is 0. The largest absolute Gasteiger partial charge is 0.300 e. The predicted octanol–water partition coefficient (Wildman–Crippen LogP) is 3.95. The third-order valence-electron chi connectivity index (χ3n) is 3.53. The van der Waals surface area contributed by atoms with Gasteiger partial charge in [0, 0.05) is 11.6 Å². The van der Waals surface area contributed by atoms with E-state index in [4.69, 9.17) is 4.98 Å². The van der Waals surface area contributed by atoms with E-state index in [9.17, 15) is 0 Å². The molecule has 18 heavy (non-hydrogen) atoms. The number of fused-ring (bicyclic) bond motifs is 5. The van der Waals surface area contributed by atoms with E-state index in [2.05, 4.69) is 47.9 Å². The molecule has 0 fully saturated rings. The van der Waals surface area contributed by atoms with Gasteiger partial charge in [-0.05, 0) is 36.1 Å². The number of imidazole rings is 1. The first-order valence-electron chi connectivity index (χ1n) is 6.10. The molecule has 0 bridgehead atoms. The van der Waals surface area contributed by atoms with E-state index in [1.807, 2.05) is 18.2 Å². The van der Waals surface area contributed by atoms with Crippen LogP contribution in [0.5, 0.6) is 0 Å². The van der Waals surface area contributed by atoms with Crippen LogP contribution < -0.4 is 0 Å². The van der Waals surface area contributed by atoms with Gasteiger partial charge in [0.05, 0.1) is 11.0 Å². The van der Waals surface area contributed by atoms with Gasteiger partial charge in [-0.2, -0.15) is 0 Å². The van der Waals surface area contributed by atoms with Gasteiger partial charge in [-0.15, -0.1) is 0 Å². The average molecular weight is 232 g/mol. The molecule has 4 rings (SSSR count). The number of hydrogen-bond acceptors (Lipinski definition) is 1. The molecule has 2 nitrogen and oxygen atoms in total. The minimum atomic E-state index is 1.00. The van der Waals surface area contributed by atoms with E-state index in [0.717, 1.165) is 11.2 Å². The van der Waals surface area contributed by atoms with Crippen LogP contribution in [0.3, 0.4) is 0 Å². The molecule has 0 aliphatic rings. The quantitative estimate of drug-likeness (QED) is 0.448. The lowest BCUT2D eigenvalue weighted by Gasteiger charge is -2.03. The van der Waals surface area contributed by atoms with Gasteiger partial charge in [-0.1, -0.05) is 30.3 Å². The van der Waals surface area contributed by atoms with Gasteiger partial charge in [-0.3, -0.25) is 4.40 Å². The molecule has 0 aliphatic carbocycles. The normalized spacial score (nSPS) is 11.6. The van der Waals surface area contributed by atoms with Crippen molar-refractivity contribution in [1.82, 2.24) is 9.38 Å². The maximum absolute atomic E-state index is 4.75. The third kappa shape index (κ3) is 1.15. The van der Waals surface area contributed by atoms with E-state index < -0.39 is 0 Å². The van der Waals surface area contributed by atoms with Crippen molar-refractivity contribution in [3.05, 3.63) is 60.3 Å². The molecule has 0 N–H and O–H groups in total. The summed E-state index contributed by atoms with van der Waals surface area (Å²) in [5.41, 5.74) is 4.57. The van der Waals surface area contributed by atoms with Crippen LogP contribution in [-0.2, 0) is 0 Å². The number of pyridine rings is 1. The van der Waals surface area contributed by atoms with Crippen LogP contribution in [0.15, 0.2) is 54.7 Å². The summed E-state index contributed by atoms with van der Waals surface area (Å²) < 4.78 is 2.15. The van der Waals surface area contributed by atoms with Crippen molar-refractivity contribution in [2.45, 2.75) is 6.92 Å². The molecule has 0 atom stereocenters. The summed E-state index contributed by atoms with van der Waals surface area (Å²) in [6, 6.07) is 16.8. The Morgan fingerprint density at radius 1 is 0.944 bits per heavy atom. The van der Waals surface area contributed by atoms with Crippen molar-refractivity contribution in [1.29, 1.82) is 0 Å². The van der Waals surface area contributed by atoms with Gasteiger partial charge in [0.15, 0.2) is 0 Å². The van der Waals surface area contributed by atoms with Gasteiger partial charge in [-0.25, -0.2) is 4.98 Å². The Balaban J connectivity index is 2.36. The zero-order chi connectivity index (χ0) is 12.1. The van der Waals surface area contributed by atoms with Gasteiger partial charge >= 0.3 is 0 Å². The molecule has 0 unspecified atom stereocenters. The second kappa shape index (κ2) is 3.33. The van der Waals surface area contributed by atoms with E-state index in [1.54, 1.807) is 0 Å². The maximum Gasteiger partial charge on any atom is 0.137 e. The van der Waals surface area contributed by atoms with Crippen molar-refractivity contribution in [3.63, 3.8) is 0 Å². The lowest BCUT2D eigenvalue weighted by atomic mass is 10.0. The molecule has 2 heterocycles. The summed E-state index contributed by atoms with van der Waals surface area (Å²) in [6.45, 7) is 2.16. The molecule has 86 valence electrons. The summed E-state index contributed by atoms with van der Waals surface area (Å²) in [6.07, 6.45) is 2.07. The molecule has 0 spiro atoms. The molecule has 0 amide bonds. The predicted molar refractivity (Wildman–Crippen MR) is 74.9 cm³/mol. The van der Waals surface area contributed by atoms with E-state index >= 15 is 0 Å². The first-order chi connectivity index (χ1) is 8.84. The highest BCUT2D eigenvalue weighted by Crippen LogP contribution is 2.28. The van der Waals surface area contributed by atoms with Crippen LogP contribution in [0.2, 0.25) is 0 Å². The zero-order valence-corrected chi connectivity index (χ0v) is 10.1. The van der Waals surface area contributed by atoms with Crippen LogP contribution in [0.4, 0.5) is 0 Å². The van der Waals surface area contributed by atoms with Gasteiger partial charge in [0.25, 0.3) is 0 Å². The number of benzene rings is 2. The van der Waals surface area contributed by atoms with Crippen LogP contribution in [-0.4, -0.2) is 9.38 Å². The number of aromatic nitrogens is 2. The van der Waals surface area contributed by atoms with Gasteiger partial charge in [0.1, 0.15) is 5.65 Å². The first kappa shape index (κ1) is 9.66. The van der Waals surface area contributed by atoms with E-state index in [0.29, 0.717) is 0 Å². The molecule has 0 saturated heterocycles. The Morgan fingerprint density at radius 3 is 2.61 bits per heavy atom. The lowest BCUT2D eigenvalue weighted by Crippen LogP contribution is -1.84. The molecule has 0 aliphatic heterocycles. The second-order valence-corrected chi connectivity index (χ2v) is 4.65. The highest BCUT2D eigenvalue weighted by atomic mass is 15.0. The number of hydrogen-bond donors (Lipinski definition) is 0. The maximum atomic E-state index is 4.75. The first-order valence-corrected chi connectivity index (χ1v) is 6.10. The molecule has 2 aromatic heterocycles. The topological polar surface area (TPSA) is 17.3 Å². The highest BCUT2D eigenvalue weighted by Gasteiger charge is 2.09. The average Bonchev–Trinajstić information content (AvgIpc) is 2.78. The number of aryl methyl sites for hydroxylation is 1. The van der Waals surface area contributed by atoms with Crippen molar-refractivity contribution in [2.24, 2.45) is 0 Å². The molecular formula is C16H12N2. The second-order valence-electron chi connectivity index (χ2n) is 4.65. The third-order valence-corrected chi connectivity index (χ3v) is 3.53. The Morgan fingerprint density at radius 2 is 1.72 bits per heavy atom. The summed E-state index contributed by atoms with van der Waals surface area (Å²) in [4.78, 5) is 4.75. The van der Waals surface area contributed by atoms with Crippen molar-refractivity contribution in [2.75, 3.05) is 0 Å². The molecule has 2 aromatic carbocycles. The van der Waals surface area contributed by atoms with Crippen LogP contribution in [0, 0.1) is 6.92 Å². The summed E-state index contributed by atoms with van der Waals surface area (Å²) in [5.74, 6) is 0. The molecule has 0 radical (unpaired) electrons. The smallest absolute Gasteiger partial charge is 0.137 e. The Labute approximate surface area is 104 Å². The fourth-order valence-electron chi connectivity index (χ4n) is 2.67. The summed E-state index contributed by atoms with van der Waals surface area (Å²) in [7, 11) is 0. The number of rotatable bonds is 0. The van der Waals surface area contributed by atoms with Crippen molar-refractivity contribution < 1.29 is 0 Å². The molecule has 4 aromatic rings. The highest BCUT2D eigenvalue weighted by molar-refractivity contribution is 6.07. The Kier molecular flexibility index (Phi) is 1.78. The van der Waals surface area contributed by atoms with E-state index in [1.165, 1.54) is 21.9 Å². The summed E-state index contributed by atoms with van der Waals surface area (Å²) in [5, 5.41) is 2.52. The van der Waals surface area contributed by atoms with Crippen LogP contribution >= 0.6 is 0 Å². The molecule has 2 heteroatoms. The van der Waals surface area contributed by atoms with Gasteiger partial charge < -0.3 is 0 Å². The van der Waals surface area contributed by atoms with Crippen LogP contribution in [0.25, 0.3) is 27.5 Å². The lowest BCUT2D eigenvalue weighted by molar-refractivity contribution is 1.23.